The summed E-state index contributed by atoms with van der Waals surface area (Å²) in [6.45, 7) is 0.739. The molecule has 1 aromatic rings. The van der Waals surface area contributed by atoms with Crippen LogP contribution in [0, 0.1) is 11.8 Å². The zero-order valence-electron chi connectivity index (χ0n) is 16.1. The second-order valence-corrected chi connectivity index (χ2v) is 9.76. The summed E-state index contributed by atoms with van der Waals surface area (Å²) < 4.78 is 67.0. The Kier molecular flexibility index (Phi) is 5.15. The predicted octanol–water partition coefficient (Wildman–Crippen LogP) is 2.63. The van der Waals surface area contributed by atoms with Crippen molar-refractivity contribution in [3.63, 3.8) is 0 Å². The molecule has 0 aromatic heterocycles. The van der Waals surface area contributed by atoms with Gasteiger partial charge in [-0.15, -0.1) is 0 Å². The van der Waals surface area contributed by atoms with Crippen molar-refractivity contribution < 1.29 is 26.4 Å². The minimum atomic E-state index is -4.57. The predicted molar refractivity (Wildman–Crippen MR) is 102 cm³/mol. The number of nitrogens with zero attached hydrogens (tertiary/aromatic N) is 2. The van der Waals surface area contributed by atoms with Crippen LogP contribution in [0.15, 0.2) is 23.4 Å². The van der Waals surface area contributed by atoms with Crippen molar-refractivity contribution in [3.05, 3.63) is 34.9 Å². The summed E-state index contributed by atoms with van der Waals surface area (Å²) in [5.41, 5.74) is 2.27. The number of halogens is 3. The first-order valence-corrected chi connectivity index (χ1v) is 11.2. The SMILES string of the molecule is CCO/N=C/c1ccc2c(c1)C[C@@H]1CC[C@H](C2)[C@]12CN(CC(F)(F)F)S(=O)(=O)N2. The van der Waals surface area contributed by atoms with Crippen LogP contribution in [0.5, 0.6) is 0 Å². The highest BCUT2D eigenvalue weighted by Crippen LogP contribution is 2.50. The summed E-state index contributed by atoms with van der Waals surface area (Å²) in [7, 11) is -4.16. The normalized spacial score (nSPS) is 31.3. The fraction of sp³-hybridized carbons (Fsp3) is 0.632. The molecule has 1 aliphatic heterocycles. The molecule has 29 heavy (non-hydrogen) atoms. The van der Waals surface area contributed by atoms with Crippen LogP contribution in [-0.2, 0) is 27.9 Å². The Morgan fingerprint density at radius 1 is 1.28 bits per heavy atom. The van der Waals surface area contributed by atoms with Gasteiger partial charge in [-0.25, -0.2) is 0 Å². The van der Waals surface area contributed by atoms with Gasteiger partial charge in [0, 0.05) is 6.54 Å². The van der Waals surface area contributed by atoms with Gasteiger partial charge in [-0.3, -0.25) is 0 Å². The van der Waals surface area contributed by atoms with Gasteiger partial charge in [-0.2, -0.15) is 30.6 Å². The number of benzene rings is 1. The van der Waals surface area contributed by atoms with Gasteiger partial charge in [0.1, 0.15) is 13.2 Å². The van der Waals surface area contributed by atoms with Gasteiger partial charge >= 0.3 is 6.18 Å². The molecular weight excluding hydrogens is 407 g/mol. The molecule has 6 nitrogen and oxygen atoms in total. The van der Waals surface area contributed by atoms with Gasteiger partial charge in [-0.05, 0) is 67.2 Å². The molecule has 1 N–H and O–H groups in total. The largest absolute Gasteiger partial charge is 0.402 e. The number of hydrogen-bond acceptors (Lipinski definition) is 4. The summed E-state index contributed by atoms with van der Waals surface area (Å²) in [6, 6.07) is 5.96. The highest BCUT2D eigenvalue weighted by atomic mass is 32.2. The maximum absolute atomic E-state index is 12.9. The van der Waals surface area contributed by atoms with Crippen LogP contribution in [0.1, 0.15) is 36.5 Å². The van der Waals surface area contributed by atoms with E-state index >= 15 is 0 Å². The number of fused-ring (bicyclic) bond motifs is 1. The quantitative estimate of drug-likeness (QED) is 0.589. The van der Waals surface area contributed by atoms with E-state index in [2.05, 4.69) is 9.88 Å². The highest BCUT2D eigenvalue weighted by Gasteiger charge is 2.60. The van der Waals surface area contributed by atoms with E-state index in [9.17, 15) is 21.6 Å². The minimum Gasteiger partial charge on any atom is -0.396 e. The van der Waals surface area contributed by atoms with E-state index in [0.717, 1.165) is 29.5 Å². The lowest BCUT2D eigenvalue weighted by molar-refractivity contribution is -0.136. The molecule has 1 saturated heterocycles. The van der Waals surface area contributed by atoms with Gasteiger partial charge in [-0.1, -0.05) is 17.3 Å². The summed E-state index contributed by atoms with van der Waals surface area (Å²) in [6.07, 6.45) is -0.0563. The molecule has 3 atom stereocenters. The molecule has 4 rings (SSSR count). The van der Waals surface area contributed by atoms with Crippen molar-refractivity contribution in [3.8, 4) is 0 Å². The zero-order valence-corrected chi connectivity index (χ0v) is 16.9. The van der Waals surface area contributed by atoms with E-state index in [1.165, 1.54) is 0 Å². The molecule has 3 aliphatic rings. The van der Waals surface area contributed by atoms with Crippen LogP contribution >= 0.6 is 0 Å². The van der Waals surface area contributed by atoms with E-state index in [1.54, 1.807) is 6.21 Å². The monoisotopic (exact) mass is 431 g/mol. The van der Waals surface area contributed by atoms with Crippen molar-refractivity contribution in [1.82, 2.24) is 9.03 Å². The van der Waals surface area contributed by atoms with Crippen molar-refractivity contribution in [2.75, 3.05) is 19.7 Å². The molecule has 0 unspecified atom stereocenters. The lowest BCUT2D eigenvalue weighted by Gasteiger charge is -2.33. The Bertz CT molecular complexity index is 919. The van der Waals surface area contributed by atoms with Gasteiger partial charge < -0.3 is 4.84 Å². The molecule has 0 radical (unpaired) electrons. The average Bonchev–Trinajstić information content (AvgIpc) is 2.99. The van der Waals surface area contributed by atoms with Crippen LogP contribution in [0.2, 0.25) is 0 Å². The summed E-state index contributed by atoms with van der Waals surface area (Å²) in [5, 5.41) is 3.88. The van der Waals surface area contributed by atoms with Crippen LogP contribution in [0.3, 0.4) is 0 Å². The molecule has 0 amide bonds. The van der Waals surface area contributed by atoms with E-state index in [0.29, 0.717) is 23.8 Å². The molecular formula is C19H24F3N3O3S. The molecule has 2 aliphatic carbocycles. The highest BCUT2D eigenvalue weighted by molar-refractivity contribution is 7.87. The van der Waals surface area contributed by atoms with Crippen LogP contribution in [0.25, 0.3) is 0 Å². The number of nitrogens with one attached hydrogen (secondary N) is 1. The van der Waals surface area contributed by atoms with Crippen molar-refractivity contribution in [2.45, 2.75) is 44.3 Å². The maximum atomic E-state index is 12.9. The first-order chi connectivity index (χ1) is 13.6. The number of rotatable bonds is 4. The zero-order chi connectivity index (χ0) is 20.9. The molecule has 10 heteroatoms. The van der Waals surface area contributed by atoms with Crippen molar-refractivity contribution >= 4 is 16.4 Å². The Hall–Kier alpha value is -1.65. The smallest absolute Gasteiger partial charge is 0.396 e. The van der Waals surface area contributed by atoms with E-state index in [1.807, 2.05) is 25.1 Å². The van der Waals surface area contributed by atoms with Crippen LogP contribution in [0.4, 0.5) is 13.2 Å². The molecule has 160 valence electrons. The fourth-order valence-corrected chi connectivity index (χ4v) is 6.82. The van der Waals surface area contributed by atoms with Crippen LogP contribution in [-0.4, -0.2) is 50.3 Å². The Labute approximate surface area is 168 Å². The first-order valence-electron chi connectivity index (χ1n) is 9.76. The molecule has 1 saturated carbocycles. The average molecular weight is 431 g/mol. The van der Waals surface area contributed by atoms with Gasteiger partial charge in [0.25, 0.3) is 10.2 Å². The third kappa shape index (κ3) is 3.89. The maximum Gasteiger partial charge on any atom is 0.402 e. The number of hydrogen-bond donors (Lipinski definition) is 1. The first kappa shape index (κ1) is 20.6. The van der Waals surface area contributed by atoms with E-state index < -0.39 is 28.5 Å². The minimum absolute atomic E-state index is 0.0234. The lowest BCUT2D eigenvalue weighted by atomic mass is 9.79. The van der Waals surface area contributed by atoms with E-state index in [4.69, 9.17) is 4.84 Å². The molecule has 1 heterocycles. The lowest BCUT2D eigenvalue weighted by Crippen LogP contribution is -2.52. The van der Waals surface area contributed by atoms with Gasteiger partial charge in [0.15, 0.2) is 0 Å². The van der Waals surface area contributed by atoms with Gasteiger partial charge in [0.05, 0.1) is 11.8 Å². The Morgan fingerprint density at radius 2 is 1.97 bits per heavy atom. The van der Waals surface area contributed by atoms with Crippen molar-refractivity contribution in [2.24, 2.45) is 17.0 Å². The molecule has 2 bridgehead atoms. The van der Waals surface area contributed by atoms with Crippen LogP contribution < -0.4 is 4.72 Å². The Morgan fingerprint density at radius 3 is 2.62 bits per heavy atom. The van der Waals surface area contributed by atoms with E-state index in [-0.39, 0.29) is 18.4 Å². The molecule has 1 aromatic carbocycles. The third-order valence-corrected chi connectivity index (χ3v) is 7.92. The second kappa shape index (κ2) is 7.24. The summed E-state index contributed by atoms with van der Waals surface area (Å²) >= 11 is 0. The summed E-state index contributed by atoms with van der Waals surface area (Å²) in [5.74, 6) is -0.0643. The Balaban J connectivity index is 1.62. The summed E-state index contributed by atoms with van der Waals surface area (Å²) in [4.78, 5) is 5.00. The number of oxime groups is 1. The molecule has 2 fully saturated rings. The standard InChI is InChI=1S/C19H24F3N3O3S/c1-2-28-23-10-13-3-4-14-8-16-5-6-17(9-15(14)7-13)18(16)11-25(12-19(20,21)22)29(26,27)24-18/h3-4,7,10,16-17,24H,2,5-6,8-9,11-12H2,1H3/b23-10+/t16-,17+,18-/m1/s1. The molecule has 1 spiro atoms. The number of alkyl halides is 3. The second-order valence-electron chi connectivity index (χ2n) is 8.09. The van der Waals surface area contributed by atoms with Crippen molar-refractivity contribution in [1.29, 1.82) is 0 Å². The third-order valence-electron chi connectivity index (χ3n) is 6.34. The van der Waals surface area contributed by atoms with Gasteiger partial charge in [0.2, 0.25) is 0 Å². The topological polar surface area (TPSA) is 71.0 Å². The fourth-order valence-electron chi connectivity index (χ4n) is 5.12.